The zero-order valence-corrected chi connectivity index (χ0v) is 18.2. The van der Waals surface area contributed by atoms with Crippen LogP contribution in [0.3, 0.4) is 0 Å². The summed E-state index contributed by atoms with van der Waals surface area (Å²) in [7, 11) is 1.75. The third-order valence-corrected chi connectivity index (χ3v) is 5.62. The number of benzene rings is 1. The normalized spacial score (nSPS) is 13.8. The smallest absolute Gasteiger partial charge is 0.236 e. The highest BCUT2D eigenvalue weighted by Gasteiger charge is 2.19. The van der Waals surface area contributed by atoms with Crippen molar-refractivity contribution < 1.29 is 4.79 Å². The molecule has 2 aromatic heterocycles. The lowest BCUT2D eigenvalue weighted by atomic mass is 10.1. The van der Waals surface area contributed by atoms with Gasteiger partial charge in [0.2, 0.25) is 11.9 Å². The first kappa shape index (κ1) is 21.5. The Hall–Kier alpha value is -3.72. The first-order valence-electron chi connectivity index (χ1n) is 10.6. The summed E-state index contributed by atoms with van der Waals surface area (Å²) < 4.78 is 0. The molecule has 4 N–H and O–H groups in total. The van der Waals surface area contributed by atoms with E-state index in [-0.39, 0.29) is 12.5 Å². The SMILES string of the molecule is CN(Cc1cccc(-c2cnc(N3CCN(c4ccc(N)nc4)CC3)nc2)c1)C(=O)CN. The Morgan fingerprint density at radius 1 is 0.969 bits per heavy atom. The molecule has 3 aromatic rings. The lowest BCUT2D eigenvalue weighted by Crippen LogP contribution is -2.47. The van der Waals surface area contributed by atoms with E-state index in [4.69, 9.17) is 11.5 Å². The molecule has 0 spiro atoms. The first-order valence-corrected chi connectivity index (χ1v) is 10.6. The van der Waals surface area contributed by atoms with Crippen LogP contribution in [0.4, 0.5) is 17.5 Å². The number of hydrogen-bond donors (Lipinski definition) is 2. The molecule has 0 saturated carbocycles. The van der Waals surface area contributed by atoms with Crippen molar-refractivity contribution in [3.05, 3.63) is 60.6 Å². The molecule has 0 unspecified atom stereocenters. The van der Waals surface area contributed by atoms with Crippen molar-refractivity contribution in [1.82, 2.24) is 19.9 Å². The van der Waals surface area contributed by atoms with Crippen molar-refractivity contribution in [2.45, 2.75) is 6.54 Å². The van der Waals surface area contributed by atoms with E-state index >= 15 is 0 Å². The third-order valence-electron chi connectivity index (χ3n) is 5.62. The summed E-state index contributed by atoms with van der Waals surface area (Å²) in [5.74, 6) is 1.17. The van der Waals surface area contributed by atoms with E-state index < -0.39 is 0 Å². The van der Waals surface area contributed by atoms with E-state index in [1.807, 2.05) is 48.9 Å². The molecule has 0 radical (unpaired) electrons. The molecule has 3 heterocycles. The predicted molar refractivity (Wildman–Crippen MR) is 126 cm³/mol. The maximum absolute atomic E-state index is 11.7. The largest absolute Gasteiger partial charge is 0.384 e. The van der Waals surface area contributed by atoms with Crippen LogP contribution in [0.15, 0.2) is 55.0 Å². The van der Waals surface area contributed by atoms with Gasteiger partial charge in [-0.3, -0.25) is 4.79 Å². The Morgan fingerprint density at radius 2 is 1.69 bits per heavy atom. The fourth-order valence-corrected chi connectivity index (χ4v) is 3.75. The third kappa shape index (κ3) is 4.94. The topological polar surface area (TPSA) is 118 Å². The minimum atomic E-state index is -0.0872. The zero-order valence-electron chi connectivity index (χ0n) is 18.2. The van der Waals surface area contributed by atoms with Crippen LogP contribution in [0.5, 0.6) is 0 Å². The van der Waals surface area contributed by atoms with Gasteiger partial charge in [-0.05, 0) is 29.3 Å². The van der Waals surface area contributed by atoms with Crippen molar-refractivity contribution in [3.8, 4) is 11.1 Å². The molecule has 0 atom stereocenters. The highest BCUT2D eigenvalue weighted by atomic mass is 16.2. The molecule has 166 valence electrons. The van der Waals surface area contributed by atoms with Crippen LogP contribution in [0.2, 0.25) is 0 Å². The highest BCUT2D eigenvalue weighted by molar-refractivity contribution is 5.77. The highest BCUT2D eigenvalue weighted by Crippen LogP contribution is 2.22. The van der Waals surface area contributed by atoms with Crippen LogP contribution in [0.25, 0.3) is 11.1 Å². The number of aromatic nitrogens is 3. The lowest BCUT2D eigenvalue weighted by Gasteiger charge is -2.35. The molecule has 1 aromatic carbocycles. The van der Waals surface area contributed by atoms with E-state index in [2.05, 4.69) is 30.8 Å². The number of carbonyl (C=O) groups excluding carboxylic acids is 1. The molecule has 1 aliphatic heterocycles. The van der Waals surface area contributed by atoms with Gasteiger partial charge in [0.25, 0.3) is 0 Å². The second-order valence-electron chi connectivity index (χ2n) is 7.84. The molecule has 9 nitrogen and oxygen atoms in total. The van der Waals surface area contributed by atoms with Gasteiger partial charge < -0.3 is 26.2 Å². The van der Waals surface area contributed by atoms with Crippen LogP contribution in [0.1, 0.15) is 5.56 Å². The van der Waals surface area contributed by atoms with Crippen molar-refractivity contribution in [1.29, 1.82) is 0 Å². The molecule has 0 bridgehead atoms. The number of nitrogens with two attached hydrogens (primary N) is 2. The van der Waals surface area contributed by atoms with Crippen molar-refractivity contribution in [2.75, 3.05) is 55.3 Å². The number of amides is 1. The van der Waals surface area contributed by atoms with Gasteiger partial charge in [0.1, 0.15) is 5.82 Å². The van der Waals surface area contributed by atoms with E-state index in [1.54, 1.807) is 11.9 Å². The van der Waals surface area contributed by atoms with E-state index in [1.165, 1.54) is 0 Å². The molecule has 1 saturated heterocycles. The predicted octanol–water partition coefficient (Wildman–Crippen LogP) is 1.36. The van der Waals surface area contributed by atoms with Gasteiger partial charge in [-0.2, -0.15) is 0 Å². The lowest BCUT2D eigenvalue weighted by molar-refractivity contribution is -0.128. The summed E-state index contributed by atoms with van der Waals surface area (Å²) >= 11 is 0. The monoisotopic (exact) mass is 432 g/mol. The Bertz CT molecular complexity index is 1050. The number of anilines is 3. The fourth-order valence-electron chi connectivity index (χ4n) is 3.75. The van der Waals surface area contributed by atoms with Gasteiger partial charge in [0.15, 0.2) is 0 Å². The van der Waals surface area contributed by atoms with Gasteiger partial charge in [-0.15, -0.1) is 0 Å². The molecule has 9 heteroatoms. The summed E-state index contributed by atoms with van der Waals surface area (Å²) in [4.78, 5) is 31.2. The maximum Gasteiger partial charge on any atom is 0.236 e. The summed E-state index contributed by atoms with van der Waals surface area (Å²) in [5, 5.41) is 0. The fraction of sp³-hybridized carbons (Fsp3) is 0.304. The van der Waals surface area contributed by atoms with Gasteiger partial charge in [0, 0.05) is 57.7 Å². The summed E-state index contributed by atoms with van der Waals surface area (Å²) in [6.45, 7) is 3.93. The average Bonchev–Trinajstić information content (AvgIpc) is 2.84. The maximum atomic E-state index is 11.7. The molecule has 4 rings (SSSR count). The van der Waals surface area contributed by atoms with Gasteiger partial charge in [-0.1, -0.05) is 18.2 Å². The summed E-state index contributed by atoms with van der Waals surface area (Å²) in [6, 6.07) is 11.9. The van der Waals surface area contributed by atoms with Gasteiger partial charge >= 0.3 is 0 Å². The molecule has 1 fully saturated rings. The molecule has 32 heavy (non-hydrogen) atoms. The molecular formula is C23H28N8O. The van der Waals surface area contributed by atoms with E-state index in [0.29, 0.717) is 12.4 Å². The van der Waals surface area contributed by atoms with Crippen molar-refractivity contribution >= 4 is 23.4 Å². The number of nitrogen functional groups attached to an aromatic ring is 1. The van der Waals surface area contributed by atoms with E-state index in [9.17, 15) is 4.79 Å². The number of likely N-dealkylation sites (N-methyl/N-ethyl adjacent to an activating group) is 1. The zero-order chi connectivity index (χ0) is 22.5. The molecule has 0 aliphatic carbocycles. The minimum absolute atomic E-state index is 0.0105. The first-order chi connectivity index (χ1) is 15.5. The molecule has 1 aliphatic rings. The number of nitrogens with zero attached hydrogens (tertiary/aromatic N) is 6. The number of piperazine rings is 1. The van der Waals surface area contributed by atoms with Crippen LogP contribution in [-0.4, -0.2) is 65.5 Å². The Morgan fingerprint density at radius 3 is 2.34 bits per heavy atom. The van der Waals surface area contributed by atoms with Crippen molar-refractivity contribution in [2.24, 2.45) is 5.73 Å². The van der Waals surface area contributed by atoms with Crippen LogP contribution >= 0.6 is 0 Å². The van der Waals surface area contributed by atoms with Crippen LogP contribution in [-0.2, 0) is 11.3 Å². The summed E-state index contributed by atoms with van der Waals surface area (Å²) in [5.41, 5.74) is 15.2. The number of rotatable bonds is 6. The second-order valence-corrected chi connectivity index (χ2v) is 7.84. The average molecular weight is 433 g/mol. The number of carbonyl (C=O) groups is 1. The molecular weight excluding hydrogens is 404 g/mol. The van der Waals surface area contributed by atoms with Crippen molar-refractivity contribution in [3.63, 3.8) is 0 Å². The summed E-state index contributed by atoms with van der Waals surface area (Å²) in [6.07, 6.45) is 5.52. The van der Waals surface area contributed by atoms with Gasteiger partial charge in [-0.25, -0.2) is 15.0 Å². The molecule has 1 amide bonds. The second kappa shape index (κ2) is 9.61. The van der Waals surface area contributed by atoms with E-state index in [0.717, 1.165) is 54.5 Å². The number of hydrogen-bond acceptors (Lipinski definition) is 8. The minimum Gasteiger partial charge on any atom is -0.384 e. The van der Waals surface area contributed by atoms with Gasteiger partial charge in [0.05, 0.1) is 18.4 Å². The Labute approximate surface area is 187 Å². The van der Waals surface area contributed by atoms with Crippen LogP contribution in [0, 0.1) is 0 Å². The van der Waals surface area contributed by atoms with Crippen LogP contribution < -0.4 is 21.3 Å². The quantitative estimate of drug-likeness (QED) is 0.600. The Kier molecular flexibility index (Phi) is 6.46. The number of pyridine rings is 1. The standard InChI is InChI=1S/C23H28N8O/c1-29(22(32)12-24)16-17-3-2-4-18(11-17)19-13-27-23(28-14-19)31-9-7-30(8-10-31)20-5-6-21(25)26-15-20/h2-6,11,13-15H,7-10,12,16,24H2,1H3,(H2,25,26). The Balaban J connectivity index is 1.39.